The Balaban J connectivity index is 2.84. The Hall–Kier alpha value is -3.50. The van der Waals surface area contributed by atoms with Gasteiger partial charge in [-0.3, -0.25) is 4.79 Å². The Labute approximate surface area is 237 Å². The molecule has 11 heteroatoms. The van der Waals surface area contributed by atoms with Crippen LogP contribution in [0.1, 0.15) is 87.1 Å². The molecule has 226 valence electrons. The lowest BCUT2D eigenvalue weighted by atomic mass is 10.0. The number of unbranched alkanes of at least 4 members (excludes halogenated alkanes) is 1. The van der Waals surface area contributed by atoms with Crippen LogP contribution in [0.2, 0.25) is 0 Å². The summed E-state index contributed by atoms with van der Waals surface area (Å²) in [5.41, 5.74) is -1.08. The Morgan fingerprint density at radius 2 is 1.30 bits per heavy atom. The summed E-state index contributed by atoms with van der Waals surface area (Å²) in [5, 5.41) is 17.5. The maximum atomic E-state index is 13.1. The number of ether oxygens (including phenoxy) is 3. The first kappa shape index (κ1) is 34.5. The second kappa shape index (κ2) is 14.8. The van der Waals surface area contributed by atoms with Gasteiger partial charge < -0.3 is 35.3 Å². The summed E-state index contributed by atoms with van der Waals surface area (Å²) in [6, 6.07) is 4.73. The molecule has 1 rings (SSSR count). The summed E-state index contributed by atoms with van der Waals surface area (Å²) in [6.45, 7) is 16.5. The third-order valence-corrected chi connectivity index (χ3v) is 5.00. The zero-order valence-electron chi connectivity index (χ0n) is 25.3. The van der Waals surface area contributed by atoms with Crippen molar-refractivity contribution >= 4 is 24.1 Å². The van der Waals surface area contributed by atoms with Crippen LogP contribution in [0.3, 0.4) is 0 Å². The van der Waals surface area contributed by atoms with Crippen LogP contribution in [0.5, 0.6) is 5.75 Å². The van der Waals surface area contributed by atoms with Crippen molar-refractivity contribution in [2.75, 3.05) is 6.54 Å². The molecule has 0 aliphatic carbocycles. The van der Waals surface area contributed by atoms with Gasteiger partial charge in [0.1, 0.15) is 34.6 Å². The molecular weight excluding hydrogens is 518 g/mol. The molecule has 0 spiro atoms. The van der Waals surface area contributed by atoms with Crippen LogP contribution in [-0.4, -0.2) is 64.6 Å². The number of carboxylic acid groups (broad SMARTS) is 1. The van der Waals surface area contributed by atoms with Crippen molar-refractivity contribution in [1.82, 2.24) is 16.0 Å². The molecule has 0 aliphatic heterocycles. The average Bonchev–Trinajstić information content (AvgIpc) is 2.75. The van der Waals surface area contributed by atoms with Crippen LogP contribution in [0.25, 0.3) is 0 Å². The number of rotatable bonds is 12. The first-order valence-corrected chi connectivity index (χ1v) is 13.5. The SMILES string of the molecule is CC(C)(C)OC(=O)NCCCC[C@H](NC(=O)OC(C)(C)C)C(=O)N[C@@H](Cc1ccc(OC(C)(C)C)cc1)C(=O)O. The molecule has 0 radical (unpaired) electrons. The summed E-state index contributed by atoms with van der Waals surface area (Å²) in [6.07, 6.45) is -0.139. The van der Waals surface area contributed by atoms with Gasteiger partial charge >= 0.3 is 18.2 Å². The van der Waals surface area contributed by atoms with Crippen molar-refractivity contribution in [3.05, 3.63) is 29.8 Å². The summed E-state index contributed by atoms with van der Waals surface area (Å²) in [4.78, 5) is 49.4. The Kier molecular flexibility index (Phi) is 12.7. The minimum absolute atomic E-state index is 0.0375. The standard InChI is InChI=1S/C29H47N3O8/c1-27(2,3)38-20-15-13-19(14-16-20)18-22(24(34)35)31-23(33)21(32-26(37)40-29(7,8)9)12-10-11-17-30-25(36)39-28(4,5)6/h13-16,21-22H,10-12,17-18H2,1-9H3,(H,30,36)(H,31,33)(H,32,37)(H,34,35)/t21-,22-/m0/s1. The van der Waals surface area contributed by atoms with E-state index in [1.54, 1.807) is 65.8 Å². The fourth-order valence-electron chi connectivity index (χ4n) is 3.45. The summed E-state index contributed by atoms with van der Waals surface area (Å²) in [7, 11) is 0. The monoisotopic (exact) mass is 565 g/mol. The smallest absolute Gasteiger partial charge is 0.408 e. The molecule has 0 saturated carbocycles. The van der Waals surface area contributed by atoms with E-state index in [-0.39, 0.29) is 18.4 Å². The molecule has 40 heavy (non-hydrogen) atoms. The molecule has 11 nitrogen and oxygen atoms in total. The number of carbonyl (C=O) groups is 4. The van der Waals surface area contributed by atoms with Crippen molar-refractivity contribution in [3.63, 3.8) is 0 Å². The molecule has 0 saturated heterocycles. The van der Waals surface area contributed by atoms with Gasteiger partial charge in [0.15, 0.2) is 0 Å². The maximum absolute atomic E-state index is 13.1. The van der Waals surface area contributed by atoms with E-state index in [0.29, 0.717) is 30.7 Å². The van der Waals surface area contributed by atoms with Gasteiger partial charge in [-0.25, -0.2) is 14.4 Å². The lowest BCUT2D eigenvalue weighted by Crippen LogP contribution is -2.52. The third kappa shape index (κ3) is 15.8. The van der Waals surface area contributed by atoms with Gasteiger partial charge in [0.25, 0.3) is 0 Å². The van der Waals surface area contributed by atoms with Crippen LogP contribution in [0.4, 0.5) is 9.59 Å². The van der Waals surface area contributed by atoms with Crippen molar-refractivity contribution in [2.24, 2.45) is 0 Å². The van der Waals surface area contributed by atoms with Gasteiger partial charge in [0.2, 0.25) is 5.91 Å². The van der Waals surface area contributed by atoms with Crippen molar-refractivity contribution in [3.8, 4) is 5.75 Å². The van der Waals surface area contributed by atoms with Gasteiger partial charge in [0, 0.05) is 13.0 Å². The van der Waals surface area contributed by atoms with Crippen LogP contribution < -0.4 is 20.7 Å². The number of nitrogens with one attached hydrogen (secondary N) is 3. The number of benzene rings is 1. The predicted octanol–water partition coefficient (Wildman–Crippen LogP) is 4.56. The molecule has 0 bridgehead atoms. The van der Waals surface area contributed by atoms with Gasteiger partial charge in [-0.1, -0.05) is 12.1 Å². The fourth-order valence-corrected chi connectivity index (χ4v) is 3.45. The molecule has 1 aromatic rings. The number of aliphatic carboxylic acids is 1. The van der Waals surface area contributed by atoms with Crippen LogP contribution in [-0.2, 0) is 25.5 Å². The Morgan fingerprint density at radius 3 is 1.80 bits per heavy atom. The number of alkyl carbamates (subject to hydrolysis) is 2. The maximum Gasteiger partial charge on any atom is 0.408 e. The van der Waals surface area contributed by atoms with E-state index in [9.17, 15) is 24.3 Å². The van der Waals surface area contributed by atoms with E-state index < -0.39 is 47.3 Å². The molecular formula is C29H47N3O8. The van der Waals surface area contributed by atoms with E-state index in [0.717, 1.165) is 0 Å². The highest BCUT2D eigenvalue weighted by molar-refractivity contribution is 5.89. The normalized spacial score (nSPS) is 13.4. The van der Waals surface area contributed by atoms with Crippen LogP contribution in [0.15, 0.2) is 24.3 Å². The van der Waals surface area contributed by atoms with Crippen molar-refractivity contribution in [2.45, 2.75) is 117 Å². The molecule has 3 amide bonds. The van der Waals surface area contributed by atoms with Crippen LogP contribution in [0, 0.1) is 0 Å². The topological polar surface area (TPSA) is 152 Å². The van der Waals surface area contributed by atoms with E-state index >= 15 is 0 Å². The second-order valence-electron chi connectivity index (χ2n) is 12.6. The Morgan fingerprint density at radius 1 is 0.750 bits per heavy atom. The van der Waals surface area contributed by atoms with Crippen molar-refractivity contribution < 1.29 is 38.5 Å². The summed E-state index contributed by atoms with van der Waals surface area (Å²) >= 11 is 0. The van der Waals surface area contributed by atoms with Gasteiger partial charge in [0.05, 0.1) is 0 Å². The number of hydrogen-bond donors (Lipinski definition) is 4. The number of amides is 3. The summed E-state index contributed by atoms with van der Waals surface area (Å²) < 4.78 is 16.3. The molecule has 2 atom stereocenters. The minimum atomic E-state index is -1.22. The zero-order valence-corrected chi connectivity index (χ0v) is 25.3. The molecule has 0 aromatic heterocycles. The molecule has 4 N–H and O–H groups in total. The van der Waals surface area contributed by atoms with E-state index in [1.165, 1.54) is 0 Å². The molecule has 0 heterocycles. The van der Waals surface area contributed by atoms with Crippen LogP contribution >= 0.6 is 0 Å². The quantitative estimate of drug-likeness (QED) is 0.269. The van der Waals surface area contributed by atoms with Gasteiger partial charge in [-0.2, -0.15) is 0 Å². The Bertz CT molecular complexity index is 989. The second-order valence-corrected chi connectivity index (χ2v) is 12.6. The van der Waals surface area contributed by atoms with Gasteiger partial charge in [-0.15, -0.1) is 0 Å². The molecule has 1 aromatic carbocycles. The number of hydrogen-bond acceptors (Lipinski definition) is 7. The van der Waals surface area contributed by atoms with E-state index in [1.807, 2.05) is 20.8 Å². The van der Waals surface area contributed by atoms with E-state index in [2.05, 4.69) is 16.0 Å². The number of carbonyl (C=O) groups excluding carboxylic acids is 3. The van der Waals surface area contributed by atoms with Crippen molar-refractivity contribution in [1.29, 1.82) is 0 Å². The predicted molar refractivity (Wildman–Crippen MR) is 151 cm³/mol. The van der Waals surface area contributed by atoms with E-state index in [4.69, 9.17) is 14.2 Å². The largest absolute Gasteiger partial charge is 0.488 e. The lowest BCUT2D eigenvalue weighted by molar-refractivity contribution is -0.142. The minimum Gasteiger partial charge on any atom is -0.488 e. The molecule has 0 aliphatic rings. The first-order valence-electron chi connectivity index (χ1n) is 13.5. The lowest BCUT2D eigenvalue weighted by Gasteiger charge is -2.25. The zero-order chi connectivity index (χ0) is 30.7. The molecule has 0 fully saturated rings. The third-order valence-electron chi connectivity index (χ3n) is 5.00. The fraction of sp³-hybridized carbons (Fsp3) is 0.655. The molecule has 0 unspecified atom stereocenters. The highest BCUT2D eigenvalue weighted by atomic mass is 16.6. The summed E-state index contributed by atoms with van der Waals surface area (Å²) in [5.74, 6) is -1.21. The van der Waals surface area contributed by atoms with Gasteiger partial charge in [-0.05, 0) is 99.3 Å². The average molecular weight is 566 g/mol. The first-order chi connectivity index (χ1) is 18.2. The highest BCUT2D eigenvalue weighted by Crippen LogP contribution is 2.19. The number of carboxylic acids is 1. The highest BCUT2D eigenvalue weighted by Gasteiger charge is 2.28.